The Balaban J connectivity index is 2.21. The molecule has 2 atom stereocenters. The van der Waals surface area contributed by atoms with Crippen LogP contribution < -0.4 is 5.32 Å². The van der Waals surface area contributed by atoms with Gasteiger partial charge in [-0.1, -0.05) is 40.5 Å². The van der Waals surface area contributed by atoms with Crippen molar-refractivity contribution in [2.24, 2.45) is 11.3 Å². The Bertz CT molecular complexity index is 191. The Labute approximate surface area is 101 Å². The molecule has 0 aromatic rings. The van der Waals surface area contributed by atoms with Gasteiger partial charge in [0, 0.05) is 12.0 Å². The van der Waals surface area contributed by atoms with Crippen LogP contribution in [0.3, 0.4) is 0 Å². The predicted octanol–water partition coefficient (Wildman–Crippen LogP) is 3.22. The summed E-state index contributed by atoms with van der Waals surface area (Å²) in [4.78, 5) is 0. The second-order valence-electron chi connectivity index (χ2n) is 6.15. The number of nitrogens with one attached hydrogen (secondary N) is 1. The van der Waals surface area contributed by atoms with Gasteiger partial charge >= 0.3 is 0 Å². The molecule has 0 spiro atoms. The lowest BCUT2D eigenvalue weighted by atomic mass is 9.88. The van der Waals surface area contributed by atoms with E-state index in [0.29, 0.717) is 6.10 Å². The first-order chi connectivity index (χ1) is 7.53. The van der Waals surface area contributed by atoms with E-state index in [1.54, 1.807) is 0 Å². The van der Waals surface area contributed by atoms with Crippen molar-refractivity contribution in [2.45, 2.75) is 59.5 Å². The van der Waals surface area contributed by atoms with E-state index in [9.17, 15) is 0 Å². The van der Waals surface area contributed by atoms with Gasteiger partial charge in [-0.2, -0.15) is 0 Å². The van der Waals surface area contributed by atoms with Crippen LogP contribution in [-0.2, 0) is 4.74 Å². The molecule has 1 aliphatic rings. The first kappa shape index (κ1) is 14.0. The van der Waals surface area contributed by atoms with Gasteiger partial charge in [-0.15, -0.1) is 0 Å². The number of hydrogen-bond acceptors (Lipinski definition) is 2. The van der Waals surface area contributed by atoms with Crippen LogP contribution >= 0.6 is 0 Å². The fourth-order valence-corrected chi connectivity index (χ4v) is 2.39. The molecule has 1 aliphatic carbocycles. The number of hydrogen-bond donors (Lipinski definition) is 1. The third kappa shape index (κ3) is 5.31. The summed E-state index contributed by atoms with van der Waals surface area (Å²) in [5.41, 5.74) is 0.261. The van der Waals surface area contributed by atoms with E-state index in [-0.39, 0.29) is 5.41 Å². The molecule has 16 heavy (non-hydrogen) atoms. The van der Waals surface area contributed by atoms with Gasteiger partial charge in [-0.05, 0) is 25.3 Å². The summed E-state index contributed by atoms with van der Waals surface area (Å²) in [5, 5.41) is 3.41. The molecule has 0 radical (unpaired) electrons. The van der Waals surface area contributed by atoms with Gasteiger partial charge in [0.05, 0.1) is 12.7 Å². The van der Waals surface area contributed by atoms with E-state index in [1.807, 2.05) is 0 Å². The second kappa shape index (κ2) is 6.61. The molecule has 0 aromatic carbocycles. The van der Waals surface area contributed by atoms with Gasteiger partial charge in [-0.25, -0.2) is 0 Å². The molecular weight excluding hydrogens is 198 g/mol. The van der Waals surface area contributed by atoms with Crippen LogP contribution in [-0.4, -0.2) is 25.8 Å². The lowest BCUT2D eigenvalue weighted by Gasteiger charge is -2.31. The zero-order valence-corrected chi connectivity index (χ0v) is 11.5. The lowest BCUT2D eigenvalue weighted by Crippen LogP contribution is -2.35. The van der Waals surface area contributed by atoms with Crippen molar-refractivity contribution < 1.29 is 4.74 Å². The summed E-state index contributed by atoms with van der Waals surface area (Å²) in [7, 11) is 0. The highest BCUT2D eigenvalue weighted by molar-refractivity contribution is 4.74. The van der Waals surface area contributed by atoms with Crippen molar-refractivity contribution in [3.05, 3.63) is 0 Å². The van der Waals surface area contributed by atoms with Crippen molar-refractivity contribution in [2.75, 3.05) is 19.7 Å². The quantitative estimate of drug-likeness (QED) is 0.752. The SMILES string of the molecule is CCNCC(C)(C)COC1CCCC(C)C1. The average Bonchev–Trinajstić information content (AvgIpc) is 2.24. The largest absolute Gasteiger partial charge is 0.378 e. The van der Waals surface area contributed by atoms with Crippen molar-refractivity contribution in [1.29, 1.82) is 0 Å². The highest BCUT2D eigenvalue weighted by atomic mass is 16.5. The van der Waals surface area contributed by atoms with Crippen molar-refractivity contribution in [1.82, 2.24) is 5.32 Å². The summed E-state index contributed by atoms with van der Waals surface area (Å²) in [6, 6.07) is 0. The Morgan fingerprint density at radius 3 is 2.69 bits per heavy atom. The van der Waals surface area contributed by atoms with E-state index in [4.69, 9.17) is 4.74 Å². The third-order valence-corrected chi connectivity index (χ3v) is 3.45. The first-order valence-corrected chi connectivity index (χ1v) is 6.86. The molecule has 1 fully saturated rings. The minimum Gasteiger partial charge on any atom is -0.378 e. The minimum absolute atomic E-state index is 0.261. The summed E-state index contributed by atoms with van der Waals surface area (Å²) < 4.78 is 6.08. The van der Waals surface area contributed by atoms with Gasteiger partial charge in [-0.3, -0.25) is 0 Å². The van der Waals surface area contributed by atoms with Gasteiger partial charge in [0.2, 0.25) is 0 Å². The smallest absolute Gasteiger partial charge is 0.0578 e. The van der Waals surface area contributed by atoms with E-state index in [0.717, 1.165) is 25.6 Å². The standard InChI is InChI=1S/C14H29NO/c1-5-15-10-14(3,4)11-16-13-8-6-7-12(2)9-13/h12-13,15H,5-11H2,1-4H3. The van der Waals surface area contributed by atoms with E-state index in [1.165, 1.54) is 25.7 Å². The monoisotopic (exact) mass is 227 g/mol. The average molecular weight is 227 g/mol. The van der Waals surface area contributed by atoms with Crippen LogP contribution in [0.25, 0.3) is 0 Å². The first-order valence-electron chi connectivity index (χ1n) is 6.86. The van der Waals surface area contributed by atoms with Crippen molar-refractivity contribution in [3.63, 3.8) is 0 Å². The molecule has 0 heterocycles. The maximum atomic E-state index is 6.08. The Morgan fingerprint density at radius 1 is 1.31 bits per heavy atom. The maximum absolute atomic E-state index is 6.08. The van der Waals surface area contributed by atoms with E-state index in [2.05, 4.69) is 33.0 Å². The fraction of sp³-hybridized carbons (Fsp3) is 1.00. The molecular formula is C14H29NO. The van der Waals surface area contributed by atoms with Gasteiger partial charge in [0.15, 0.2) is 0 Å². The predicted molar refractivity (Wildman–Crippen MR) is 69.7 cm³/mol. The third-order valence-electron chi connectivity index (χ3n) is 3.45. The minimum atomic E-state index is 0.261. The molecule has 0 aromatic heterocycles. The van der Waals surface area contributed by atoms with Crippen molar-refractivity contribution >= 4 is 0 Å². The molecule has 2 nitrogen and oxygen atoms in total. The molecule has 2 heteroatoms. The second-order valence-corrected chi connectivity index (χ2v) is 6.15. The Kier molecular flexibility index (Phi) is 5.77. The zero-order valence-electron chi connectivity index (χ0n) is 11.5. The van der Waals surface area contributed by atoms with Crippen LogP contribution in [0, 0.1) is 11.3 Å². The molecule has 0 aliphatic heterocycles. The molecule has 1 N–H and O–H groups in total. The van der Waals surface area contributed by atoms with Gasteiger partial charge < -0.3 is 10.1 Å². The van der Waals surface area contributed by atoms with E-state index < -0.39 is 0 Å². The molecule has 1 rings (SSSR count). The van der Waals surface area contributed by atoms with E-state index >= 15 is 0 Å². The molecule has 2 unspecified atom stereocenters. The van der Waals surface area contributed by atoms with Crippen molar-refractivity contribution in [3.8, 4) is 0 Å². The van der Waals surface area contributed by atoms with Gasteiger partial charge in [0.25, 0.3) is 0 Å². The van der Waals surface area contributed by atoms with Crippen LogP contribution in [0.5, 0.6) is 0 Å². The molecule has 0 amide bonds. The van der Waals surface area contributed by atoms with Gasteiger partial charge in [0.1, 0.15) is 0 Å². The molecule has 0 bridgehead atoms. The number of rotatable bonds is 6. The topological polar surface area (TPSA) is 21.3 Å². The maximum Gasteiger partial charge on any atom is 0.0578 e. The van der Waals surface area contributed by atoms with Crippen LogP contribution in [0.1, 0.15) is 53.4 Å². The summed E-state index contributed by atoms with van der Waals surface area (Å²) >= 11 is 0. The highest BCUT2D eigenvalue weighted by Gasteiger charge is 2.23. The van der Waals surface area contributed by atoms with Crippen LogP contribution in [0.4, 0.5) is 0 Å². The van der Waals surface area contributed by atoms with Crippen LogP contribution in [0.15, 0.2) is 0 Å². The highest BCUT2D eigenvalue weighted by Crippen LogP contribution is 2.27. The zero-order chi connectivity index (χ0) is 12.0. The Hall–Kier alpha value is -0.0800. The number of ether oxygens (including phenoxy) is 1. The molecule has 0 saturated heterocycles. The van der Waals surface area contributed by atoms with Crippen LogP contribution in [0.2, 0.25) is 0 Å². The summed E-state index contributed by atoms with van der Waals surface area (Å²) in [6.07, 6.45) is 5.78. The lowest BCUT2D eigenvalue weighted by molar-refractivity contribution is -0.0233. The summed E-state index contributed by atoms with van der Waals surface area (Å²) in [5.74, 6) is 0.857. The molecule has 1 saturated carbocycles. The molecule has 96 valence electrons. The Morgan fingerprint density at radius 2 is 2.06 bits per heavy atom. The normalized spacial score (nSPS) is 27.0. The summed E-state index contributed by atoms with van der Waals surface area (Å²) in [6.45, 7) is 12.0. The fourth-order valence-electron chi connectivity index (χ4n) is 2.39.